The van der Waals surface area contributed by atoms with E-state index in [1.54, 1.807) is 31.6 Å². The number of methoxy groups -OCH3 is 1. The average Bonchev–Trinajstić information content (AvgIpc) is 3.01. The first-order valence-corrected chi connectivity index (χ1v) is 8.05. The molecule has 2 aromatic carbocycles. The molecule has 6 nitrogen and oxygen atoms in total. The highest BCUT2D eigenvalue weighted by Crippen LogP contribution is 2.26. The molecule has 0 fully saturated rings. The van der Waals surface area contributed by atoms with Gasteiger partial charge in [-0.3, -0.25) is 4.79 Å². The van der Waals surface area contributed by atoms with Crippen molar-refractivity contribution in [2.75, 3.05) is 12.4 Å². The molecule has 0 saturated carbocycles. The summed E-state index contributed by atoms with van der Waals surface area (Å²) in [5.41, 5.74) is 1.21. The highest BCUT2D eigenvalue weighted by atomic mass is 32.2. The fourth-order valence-corrected chi connectivity index (χ4v) is 2.87. The molecule has 0 bridgehead atoms. The van der Waals surface area contributed by atoms with Gasteiger partial charge in [0.05, 0.1) is 12.7 Å². The van der Waals surface area contributed by atoms with Crippen LogP contribution in [-0.2, 0) is 7.05 Å². The molecule has 3 rings (SSSR count). The lowest BCUT2D eigenvalue weighted by molar-refractivity contribution is 0.102. The first-order valence-electron chi connectivity index (χ1n) is 7.23. The van der Waals surface area contributed by atoms with Crippen LogP contribution in [0.2, 0.25) is 0 Å². The summed E-state index contributed by atoms with van der Waals surface area (Å²) in [5, 5.41) is 11.6. The van der Waals surface area contributed by atoms with Gasteiger partial charge in [0.15, 0.2) is 5.16 Å². The minimum Gasteiger partial charge on any atom is -0.496 e. The third-order valence-corrected chi connectivity index (χ3v) is 4.40. The van der Waals surface area contributed by atoms with Gasteiger partial charge in [-0.2, -0.15) is 0 Å². The number of carbonyl (C=O) groups excluding carboxylic acids is 1. The number of nitrogens with zero attached hydrogens (tertiary/aromatic N) is 3. The number of benzene rings is 2. The second-order valence-electron chi connectivity index (χ2n) is 5.01. The lowest BCUT2D eigenvalue weighted by Gasteiger charge is -2.09. The van der Waals surface area contributed by atoms with Crippen LogP contribution < -0.4 is 10.1 Å². The van der Waals surface area contributed by atoms with Gasteiger partial charge in [-0.1, -0.05) is 12.1 Å². The molecule has 1 aromatic heterocycles. The summed E-state index contributed by atoms with van der Waals surface area (Å²) in [7, 11) is 3.44. The molecule has 1 amide bonds. The molecule has 0 saturated heterocycles. The summed E-state index contributed by atoms with van der Waals surface area (Å²) >= 11 is 1.51. The number of aryl methyl sites for hydroxylation is 1. The maximum Gasteiger partial charge on any atom is 0.259 e. The first-order chi connectivity index (χ1) is 11.7. The minimum absolute atomic E-state index is 0.207. The molecule has 0 aliphatic rings. The van der Waals surface area contributed by atoms with Crippen molar-refractivity contribution in [2.24, 2.45) is 7.05 Å². The number of anilines is 1. The number of hydrogen-bond donors (Lipinski definition) is 1. The Morgan fingerprint density at radius 2 is 1.92 bits per heavy atom. The Kier molecular flexibility index (Phi) is 4.81. The van der Waals surface area contributed by atoms with Crippen LogP contribution in [0.4, 0.5) is 5.69 Å². The van der Waals surface area contributed by atoms with Crippen molar-refractivity contribution in [3.8, 4) is 5.75 Å². The van der Waals surface area contributed by atoms with E-state index in [4.69, 9.17) is 4.74 Å². The van der Waals surface area contributed by atoms with Crippen LogP contribution in [0, 0.1) is 0 Å². The largest absolute Gasteiger partial charge is 0.496 e. The maximum absolute atomic E-state index is 12.4. The molecule has 0 unspecified atom stereocenters. The normalized spacial score (nSPS) is 10.4. The topological polar surface area (TPSA) is 69.0 Å². The third kappa shape index (κ3) is 3.57. The van der Waals surface area contributed by atoms with Crippen molar-refractivity contribution in [1.82, 2.24) is 14.8 Å². The van der Waals surface area contributed by atoms with Gasteiger partial charge >= 0.3 is 0 Å². The summed E-state index contributed by atoms with van der Waals surface area (Å²) < 4.78 is 7.06. The van der Waals surface area contributed by atoms with Crippen LogP contribution in [0.3, 0.4) is 0 Å². The van der Waals surface area contributed by atoms with Gasteiger partial charge in [0, 0.05) is 17.6 Å². The number of aromatic nitrogens is 3. The molecule has 7 heteroatoms. The second-order valence-corrected chi connectivity index (χ2v) is 6.05. The lowest BCUT2D eigenvalue weighted by atomic mass is 10.2. The van der Waals surface area contributed by atoms with E-state index >= 15 is 0 Å². The smallest absolute Gasteiger partial charge is 0.259 e. The second kappa shape index (κ2) is 7.18. The Labute approximate surface area is 143 Å². The molecule has 1 N–H and O–H groups in total. The number of para-hydroxylation sites is 1. The quantitative estimate of drug-likeness (QED) is 0.772. The molecular formula is C17H16N4O2S. The van der Waals surface area contributed by atoms with Gasteiger partial charge < -0.3 is 14.6 Å². The zero-order valence-corrected chi connectivity index (χ0v) is 14.1. The van der Waals surface area contributed by atoms with E-state index in [1.807, 2.05) is 41.9 Å². The summed E-state index contributed by atoms with van der Waals surface area (Å²) in [5.74, 6) is 0.339. The van der Waals surface area contributed by atoms with Crippen LogP contribution in [0.15, 0.2) is 64.9 Å². The summed E-state index contributed by atoms with van der Waals surface area (Å²) in [4.78, 5) is 13.4. The number of rotatable bonds is 5. The SMILES string of the molecule is COc1ccccc1C(=O)Nc1ccc(Sc2nncn2C)cc1. The number of nitrogens with one attached hydrogen (secondary N) is 1. The van der Waals surface area contributed by atoms with E-state index in [-0.39, 0.29) is 5.91 Å². The van der Waals surface area contributed by atoms with E-state index < -0.39 is 0 Å². The predicted molar refractivity (Wildman–Crippen MR) is 92.5 cm³/mol. The molecule has 0 aliphatic heterocycles. The van der Waals surface area contributed by atoms with Gasteiger partial charge in [-0.05, 0) is 48.2 Å². The zero-order valence-electron chi connectivity index (χ0n) is 13.3. The van der Waals surface area contributed by atoms with Gasteiger partial charge in [-0.25, -0.2) is 0 Å². The van der Waals surface area contributed by atoms with E-state index in [2.05, 4.69) is 15.5 Å². The molecule has 0 radical (unpaired) electrons. The Balaban J connectivity index is 1.70. The summed E-state index contributed by atoms with van der Waals surface area (Å²) in [6.45, 7) is 0. The monoisotopic (exact) mass is 340 g/mol. The minimum atomic E-state index is -0.207. The Morgan fingerprint density at radius 1 is 1.17 bits per heavy atom. The average molecular weight is 340 g/mol. The van der Waals surface area contributed by atoms with E-state index in [9.17, 15) is 4.79 Å². The van der Waals surface area contributed by atoms with Crippen molar-refractivity contribution in [3.05, 3.63) is 60.4 Å². The fraction of sp³-hybridized carbons (Fsp3) is 0.118. The standard InChI is InChI=1S/C17H16N4O2S/c1-21-11-18-20-17(21)24-13-9-7-12(8-10-13)19-16(22)14-5-3-4-6-15(14)23-2/h3-11H,1-2H3,(H,19,22). The Bertz CT molecular complexity index is 846. The van der Waals surface area contributed by atoms with Crippen molar-refractivity contribution in [2.45, 2.75) is 10.1 Å². The van der Waals surface area contributed by atoms with Crippen molar-refractivity contribution < 1.29 is 9.53 Å². The van der Waals surface area contributed by atoms with Crippen LogP contribution in [0.25, 0.3) is 0 Å². The zero-order chi connectivity index (χ0) is 16.9. The number of carbonyl (C=O) groups is 1. The molecule has 122 valence electrons. The van der Waals surface area contributed by atoms with Crippen LogP contribution in [0.1, 0.15) is 10.4 Å². The van der Waals surface area contributed by atoms with Crippen LogP contribution in [-0.4, -0.2) is 27.8 Å². The van der Waals surface area contributed by atoms with Crippen LogP contribution in [0.5, 0.6) is 5.75 Å². The Hall–Kier alpha value is -2.80. The molecular weight excluding hydrogens is 324 g/mol. The van der Waals surface area contributed by atoms with E-state index in [0.717, 1.165) is 10.1 Å². The fourth-order valence-electron chi connectivity index (χ4n) is 2.11. The molecule has 1 heterocycles. The van der Waals surface area contributed by atoms with Crippen molar-refractivity contribution in [3.63, 3.8) is 0 Å². The van der Waals surface area contributed by atoms with Crippen molar-refractivity contribution >= 4 is 23.4 Å². The number of amides is 1. The third-order valence-electron chi connectivity index (χ3n) is 3.34. The summed E-state index contributed by atoms with van der Waals surface area (Å²) in [6, 6.07) is 14.7. The molecule has 24 heavy (non-hydrogen) atoms. The van der Waals surface area contributed by atoms with Gasteiger partial charge in [0.1, 0.15) is 12.1 Å². The highest BCUT2D eigenvalue weighted by molar-refractivity contribution is 7.99. The lowest BCUT2D eigenvalue weighted by Crippen LogP contribution is -2.12. The maximum atomic E-state index is 12.4. The Morgan fingerprint density at radius 3 is 2.58 bits per heavy atom. The number of ether oxygens (including phenoxy) is 1. The molecule has 0 spiro atoms. The van der Waals surface area contributed by atoms with Crippen molar-refractivity contribution in [1.29, 1.82) is 0 Å². The molecule has 3 aromatic rings. The van der Waals surface area contributed by atoms with E-state index in [1.165, 1.54) is 11.8 Å². The van der Waals surface area contributed by atoms with Gasteiger partial charge in [0.2, 0.25) is 0 Å². The van der Waals surface area contributed by atoms with Crippen LogP contribution >= 0.6 is 11.8 Å². The van der Waals surface area contributed by atoms with E-state index in [0.29, 0.717) is 17.0 Å². The molecule has 0 aliphatic carbocycles. The number of hydrogen-bond acceptors (Lipinski definition) is 5. The molecule has 0 atom stereocenters. The predicted octanol–water partition coefficient (Wildman–Crippen LogP) is 3.23. The summed E-state index contributed by atoms with van der Waals surface area (Å²) in [6.07, 6.45) is 1.66. The van der Waals surface area contributed by atoms with Gasteiger partial charge in [0.25, 0.3) is 5.91 Å². The first kappa shape index (κ1) is 16.1. The van der Waals surface area contributed by atoms with Gasteiger partial charge in [-0.15, -0.1) is 10.2 Å². The highest BCUT2D eigenvalue weighted by Gasteiger charge is 2.11.